The fourth-order valence-electron chi connectivity index (χ4n) is 1.96. The largest absolute Gasteiger partial charge is 0.494 e. The van der Waals surface area contributed by atoms with Crippen LogP contribution in [0.5, 0.6) is 5.75 Å². The van der Waals surface area contributed by atoms with Crippen LogP contribution in [-0.4, -0.2) is 18.2 Å². The lowest BCUT2D eigenvalue weighted by atomic mass is 10.1. The number of methoxy groups -OCH3 is 1. The molecule has 2 aromatic carbocycles. The van der Waals surface area contributed by atoms with Gasteiger partial charge in [-0.1, -0.05) is 0 Å². The molecule has 0 atom stereocenters. The Morgan fingerprint density at radius 2 is 2.00 bits per heavy atom. The first-order chi connectivity index (χ1) is 9.92. The van der Waals surface area contributed by atoms with Gasteiger partial charge in [0.15, 0.2) is 11.6 Å². The Labute approximate surface area is 121 Å². The van der Waals surface area contributed by atoms with Crippen LogP contribution in [0.1, 0.15) is 15.9 Å². The molecule has 2 rings (SSSR count). The maximum absolute atomic E-state index is 13.6. The van der Waals surface area contributed by atoms with Gasteiger partial charge in [0, 0.05) is 23.1 Å². The average molecular weight is 290 g/mol. The number of hydrogen-bond donors (Lipinski definition) is 3. The van der Waals surface area contributed by atoms with E-state index in [4.69, 9.17) is 15.6 Å². The second-order valence-corrected chi connectivity index (χ2v) is 4.53. The Hall–Kier alpha value is -2.76. The summed E-state index contributed by atoms with van der Waals surface area (Å²) in [7, 11) is 1.38. The standard InChI is InChI=1S/C15H15FN2O3/c1-8-5-10(6-11(14(8)17)15(19)20)18-9-3-4-13(21-2)12(16)7-9/h3-7,18H,17H2,1-2H3,(H,19,20). The molecule has 21 heavy (non-hydrogen) atoms. The van der Waals surface area contributed by atoms with Crippen LogP contribution >= 0.6 is 0 Å². The van der Waals surface area contributed by atoms with Crippen LogP contribution in [-0.2, 0) is 0 Å². The van der Waals surface area contributed by atoms with Crippen LogP contribution < -0.4 is 15.8 Å². The van der Waals surface area contributed by atoms with Gasteiger partial charge < -0.3 is 20.9 Å². The molecule has 0 heterocycles. The van der Waals surface area contributed by atoms with Crippen LogP contribution in [0.3, 0.4) is 0 Å². The predicted octanol–water partition coefficient (Wildman–Crippen LogP) is 3.17. The minimum absolute atomic E-state index is 0.00600. The summed E-state index contributed by atoms with van der Waals surface area (Å²) in [4.78, 5) is 11.1. The average Bonchev–Trinajstić information content (AvgIpc) is 2.42. The summed E-state index contributed by atoms with van der Waals surface area (Å²) in [5.41, 5.74) is 7.57. The van der Waals surface area contributed by atoms with Gasteiger partial charge in [0.2, 0.25) is 0 Å². The van der Waals surface area contributed by atoms with E-state index >= 15 is 0 Å². The molecule has 6 heteroatoms. The third kappa shape index (κ3) is 3.05. The number of nitrogen functional groups attached to an aromatic ring is 1. The molecular formula is C15H15FN2O3. The van der Waals surface area contributed by atoms with Gasteiger partial charge in [0.25, 0.3) is 0 Å². The van der Waals surface area contributed by atoms with Crippen molar-refractivity contribution >= 4 is 23.0 Å². The lowest BCUT2D eigenvalue weighted by molar-refractivity contribution is 0.0698. The Balaban J connectivity index is 2.35. The number of carboxylic acids is 1. The quantitative estimate of drug-likeness (QED) is 0.753. The second kappa shape index (κ2) is 5.70. The van der Waals surface area contributed by atoms with E-state index in [9.17, 15) is 9.18 Å². The molecule has 0 aliphatic heterocycles. The Kier molecular flexibility index (Phi) is 3.98. The van der Waals surface area contributed by atoms with Crippen molar-refractivity contribution in [3.05, 3.63) is 47.3 Å². The summed E-state index contributed by atoms with van der Waals surface area (Å²) in [6.07, 6.45) is 0. The Bertz CT molecular complexity index is 702. The van der Waals surface area contributed by atoms with Crippen molar-refractivity contribution in [1.29, 1.82) is 0 Å². The van der Waals surface area contributed by atoms with Crippen LogP contribution in [0.15, 0.2) is 30.3 Å². The number of aromatic carboxylic acids is 1. The van der Waals surface area contributed by atoms with Gasteiger partial charge in [-0.25, -0.2) is 9.18 Å². The maximum Gasteiger partial charge on any atom is 0.337 e. The van der Waals surface area contributed by atoms with Crippen molar-refractivity contribution in [2.75, 3.05) is 18.2 Å². The lowest BCUT2D eigenvalue weighted by Crippen LogP contribution is -2.05. The molecule has 0 aliphatic rings. The smallest absolute Gasteiger partial charge is 0.337 e. The van der Waals surface area contributed by atoms with E-state index in [1.807, 2.05) is 0 Å². The number of carbonyl (C=O) groups is 1. The highest BCUT2D eigenvalue weighted by atomic mass is 19.1. The Morgan fingerprint density at radius 1 is 1.29 bits per heavy atom. The summed E-state index contributed by atoms with van der Waals surface area (Å²) in [6.45, 7) is 1.71. The van der Waals surface area contributed by atoms with Gasteiger partial charge in [0.1, 0.15) is 0 Å². The zero-order valence-electron chi connectivity index (χ0n) is 11.6. The maximum atomic E-state index is 13.6. The van der Waals surface area contributed by atoms with Crippen molar-refractivity contribution in [2.24, 2.45) is 0 Å². The molecule has 0 saturated heterocycles. The third-order valence-corrected chi connectivity index (χ3v) is 3.06. The molecule has 5 nitrogen and oxygen atoms in total. The molecule has 2 aromatic rings. The SMILES string of the molecule is COc1ccc(Nc2cc(C)c(N)c(C(=O)O)c2)cc1F. The van der Waals surface area contributed by atoms with E-state index in [1.54, 1.807) is 19.1 Å². The molecule has 0 spiro atoms. The number of halogens is 1. The number of aryl methyl sites for hydroxylation is 1. The van der Waals surface area contributed by atoms with Crippen molar-refractivity contribution in [2.45, 2.75) is 6.92 Å². The minimum atomic E-state index is -1.11. The normalized spacial score (nSPS) is 10.2. The van der Waals surface area contributed by atoms with E-state index in [1.165, 1.54) is 25.3 Å². The molecule has 0 amide bonds. The van der Waals surface area contributed by atoms with Crippen molar-refractivity contribution in [3.63, 3.8) is 0 Å². The highest BCUT2D eigenvalue weighted by Crippen LogP contribution is 2.27. The van der Waals surface area contributed by atoms with E-state index in [2.05, 4.69) is 5.32 Å². The van der Waals surface area contributed by atoms with Gasteiger partial charge in [-0.3, -0.25) is 0 Å². The number of carboxylic acid groups (broad SMARTS) is 1. The molecule has 4 N–H and O–H groups in total. The molecule has 0 aliphatic carbocycles. The van der Waals surface area contributed by atoms with Gasteiger partial charge in [-0.15, -0.1) is 0 Å². The van der Waals surface area contributed by atoms with E-state index in [0.717, 1.165) is 0 Å². The van der Waals surface area contributed by atoms with Gasteiger partial charge in [-0.2, -0.15) is 0 Å². The molecule has 0 fully saturated rings. The van der Waals surface area contributed by atoms with Gasteiger partial charge in [-0.05, 0) is 36.8 Å². The number of rotatable bonds is 4. The van der Waals surface area contributed by atoms with Gasteiger partial charge >= 0.3 is 5.97 Å². The van der Waals surface area contributed by atoms with Crippen molar-refractivity contribution < 1.29 is 19.0 Å². The summed E-state index contributed by atoms with van der Waals surface area (Å²) in [6, 6.07) is 7.50. The Morgan fingerprint density at radius 3 is 2.57 bits per heavy atom. The lowest BCUT2D eigenvalue weighted by Gasteiger charge is -2.12. The molecule has 110 valence electrons. The highest BCUT2D eigenvalue weighted by Gasteiger charge is 2.12. The first-order valence-corrected chi connectivity index (χ1v) is 6.16. The number of nitrogens with one attached hydrogen (secondary N) is 1. The zero-order valence-corrected chi connectivity index (χ0v) is 11.6. The first kappa shape index (κ1) is 14.6. The van der Waals surface area contributed by atoms with Crippen molar-refractivity contribution in [3.8, 4) is 5.75 Å². The van der Waals surface area contributed by atoms with E-state index < -0.39 is 11.8 Å². The second-order valence-electron chi connectivity index (χ2n) is 4.53. The van der Waals surface area contributed by atoms with Crippen LogP contribution in [0.4, 0.5) is 21.5 Å². The van der Waals surface area contributed by atoms with Crippen LogP contribution in [0.25, 0.3) is 0 Å². The van der Waals surface area contributed by atoms with E-state index in [0.29, 0.717) is 16.9 Å². The highest BCUT2D eigenvalue weighted by molar-refractivity contribution is 5.96. The topological polar surface area (TPSA) is 84.6 Å². The number of benzene rings is 2. The first-order valence-electron chi connectivity index (χ1n) is 6.16. The number of ether oxygens (including phenoxy) is 1. The molecule has 0 aromatic heterocycles. The van der Waals surface area contributed by atoms with Crippen molar-refractivity contribution in [1.82, 2.24) is 0 Å². The fraction of sp³-hybridized carbons (Fsp3) is 0.133. The molecule has 0 saturated carbocycles. The summed E-state index contributed by atoms with van der Waals surface area (Å²) in [5.74, 6) is -1.48. The number of anilines is 3. The van der Waals surface area contributed by atoms with Gasteiger partial charge in [0.05, 0.1) is 12.7 Å². The van der Waals surface area contributed by atoms with Crippen LogP contribution in [0.2, 0.25) is 0 Å². The number of nitrogens with two attached hydrogens (primary N) is 1. The van der Waals surface area contributed by atoms with E-state index in [-0.39, 0.29) is 17.0 Å². The zero-order chi connectivity index (χ0) is 15.6. The third-order valence-electron chi connectivity index (χ3n) is 3.06. The summed E-state index contributed by atoms with van der Waals surface area (Å²) < 4.78 is 18.5. The predicted molar refractivity (Wildman–Crippen MR) is 78.8 cm³/mol. The number of hydrogen-bond acceptors (Lipinski definition) is 4. The molecule has 0 bridgehead atoms. The summed E-state index contributed by atoms with van der Waals surface area (Å²) in [5, 5.41) is 12.1. The monoisotopic (exact) mass is 290 g/mol. The fourth-order valence-corrected chi connectivity index (χ4v) is 1.96. The molecule has 0 radical (unpaired) electrons. The molecular weight excluding hydrogens is 275 g/mol. The minimum Gasteiger partial charge on any atom is -0.494 e. The molecule has 0 unspecified atom stereocenters. The summed E-state index contributed by atoms with van der Waals surface area (Å²) >= 11 is 0. The van der Waals surface area contributed by atoms with Crippen LogP contribution in [0, 0.1) is 12.7 Å².